The van der Waals surface area contributed by atoms with Gasteiger partial charge in [0.1, 0.15) is 11.3 Å². The minimum atomic E-state index is -0.0650. The maximum Gasteiger partial charge on any atom is 0.128 e. The van der Waals surface area contributed by atoms with E-state index in [9.17, 15) is 0 Å². The smallest absolute Gasteiger partial charge is 0.128 e. The van der Waals surface area contributed by atoms with Gasteiger partial charge in [0.2, 0.25) is 0 Å². The van der Waals surface area contributed by atoms with Crippen LogP contribution in [0.4, 0.5) is 0 Å². The van der Waals surface area contributed by atoms with Crippen LogP contribution >= 0.6 is 11.6 Å². The van der Waals surface area contributed by atoms with Crippen LogP contribution in [0.2, 0.25) is 0 Å². The molecule has 0 bridgehead atoms. The quantitative estimate of drug-likeness (QED) is 0.749. The molecule has 4 heteroatoms. The lowest BCUT2D eigenvalue weighted by Crippen LogP contribution is -2.16. The van der Waals surface area contributed by atoms with Crippen molar-refractivity contribution in [3.05, 3.63) is 24.3 Å². The summed E-state index contributed by atoms with van der Waals surface area (Å²) in [4.78, 5) is 8.70. The van der Waals surface area contributed by atoms with Crippen molar-refractivity contribution in [3.63, 3.8) is 0 Å². The Balaban J connectivity index is 2.32. The molecule has 1 fully saturated rings. The maximum atomic E-state index is 6.21. The second-order valence-corrected chi connectivity index (χ2v) is 5.44. The molecule has 0 aliphatic heterocycles. The number of hydrogen-bond donors (Lipinski definition) is 0. The van der Waals surface area contributed by atoms with Gasteiger partial charge in [0.05, 0.1) is 17.1 Å². The van der Waals surface area contributed by atoms with Crippen molar-refractivity contribution >= 4 is 22.6 Å². The molecule has 0 N–H and O–H groups in total. The second kappa shape index (κ2) is 3.20. The second-order valence-electron chi connectivity index (χ2n) is 4.78. The van der Waals surface area contributed by atoms with Crippen LogP contribution in [-0.2, 0) is 5.54 Å². The average Bonchev–Trinajstić information content (AvgIpc) is 2.87. The molecule has 0 spiro atoms. The molecule has 0 amide bonds. The Bertz CT molecular complexity index is 540. The highest BCUT2D eigenvalue weighted by Crippen LogP contribution is 2.46. The highest BCUT2D eigenvalue weighted by molar-refractivity contribution is 6.20. The fourth-order valence-corrected chi connectivity index (χ4v) is 2.34. The zero-order valence-corrected chi connectivity index (χ0v) is 10.2. The van der Waals surface area contributed by atoms with Crippen LogP contribution in [0.5, 0.6) is 0 Å². The lowest BCUT2D eigenvalue weighted by Gasteiger charge is -2.17. The van der Waals surface area contributed by atoms with Crippen LogP contribution in [0.1, 0.15) is 37.9 Å². The summed E-state index contributed by atoms with van der Waals surface area (Å²) in [6.45, 7) is 4.23. The number of rotatable bonds is 2. The van der Waals surface area contributed by atoms with Gasteiger partial charge in [-0.25, -0.2) is 4.98 Å². The topological polar surface area (TPSA) is 30.7 Å². The molecule has 1 aliphatic carbocycles. The predicted molar refractivity (Wildman–Crippen MR) is 64.7 cm³/mol. The van der Waals surface area contributed by atoms with Gasteiger partial charge >= 0.3 is 0 Å². The Morgan fingerprint density at radius 2 is 2.25 bits per heavy atom. The molecule has 0 aromatic carbocycles. The van der Waals surface area contributed by atoms with E-state index in [0.29, 0.717) is 0 Å². The molecule has 2 heterocycles. The SMILES string of the molecule is CC(Cl)c1nc2cnccc2n1C1(C)CC1. The molecule has 3 rings (SSSR count). The van der Waals surface area contributed by atoms with Crippen LogP contribution in [0.25, 0.3) is 11.0 Å². The Labute approximate surface area is 99.5 Å². The monoisotopic (exact) mass is 235 g/mol. The van der Waals surface area contributed by atoms with E-state index in [4.69, 9.17) is 11.6 Å². The molecule has 1 atom stereocenters. The van der Waals surface area contributed by atoms with Gasteiger partial charge in [0.15, 0.2) is 0 Å². The van der Waals surface area contributed by atoms with E-state index < -0.39 is 0 Å². The van der Waals surface area contributed by atoms with Gasteiger partial charge in [0.25, 0.3) is 0 Å². The number of hydrogen-bond acceptors (Lipinski definition) is 2. The van der Waals surface area contributed by atoms with Gasteiger partial charge in [-0.05, 0) is 32.8 Å². The lowest BCUT2D eigenvalue weighted by molar-refractivity contribution is 0.522. The van der Waals surface area contributed by atoms with Gasteiger partial charge in [0, 0.05) is 11.7 Å². The molecule has 2 aromatic rings. The number of halogens is 1. The van der Waals surface area contributed by atoms with Crippen molar-refractivity contribution in [1.29, 1.82) is 0 Å². The van der Waals surface area contributed by atoms with Crippen molar-refractivity contribution in [3.8, 4) is 0 Å². The highest BCUT2D eigenvalue weighted by Gasteiger charge is 2.42. The Hall–Kier alpha value is -1.09. The van der Waals surface area contributed by atoms with E-state index in [2.05, 4.69) is 21.5 Å². The molecule has 1 unspecified atom stereocenters. The molecule has 84 valence electrons. The third-order valence-electron chi connectivity index (χ3n) is 3.35. The summed E-state index contributed by atoms with van der Waals surface area (Å²) in [5, 5.41) is -0.0650. The van der Waals surface area contributed by atoms with Gasteiger partial charge < -0.3 is 4.57 Å². The van der Waals surface area contributed by atoms with E-state index in [1.165, 1.54) is 12.8 Å². The van der Waals surface area contributed by atoms with Crippen LogP contribution in [0, 0.1) is 0 Å². The number of pyridine rings is 1. The summed E-state index contributed by atoms with van der Waals surface area (Å²) in [5.41, 5.74) is 2.31. The van der Waals surface area contributed by atoms with Gasteiger partial charge in [-0.15, -0.1) is 11.6 Å². The van der Waals surface area contributed by atoms with Crippen LogP contribution in [0.3, 0.4) is 0 Å². The molecular weight excluding hydrogens is 222 g/mol. The molecule has 0 saturated heterocycles. The molecule has 0 radical (unpaired) electrons. The molecule has 1 saturated carbocycles. The van der Waals surface area contributed by atoms with Crippen molar-refractivity contribution < 1.29 is 0 Å². The number of nitrogens with zero attached hydrogens (tertiary/aromatic N) is 3. The Morgan fingerprint density at radius 3 is 2.88 bits per heavy atom. The number of alkyl halides is 1. The summed E-state index contributed by atoms with van der Waals surface area (Å²) in [6, 6.07) is 2.02. The maximum absolute atomic E-state index is 6.21. The molecule has 2 aromatic heterocycles. The first-order valence-corrected chi connectivity index (χ1v) is 6.02. The molecule has 3 nitrogen and oxygen atoms in total. The first kappa shape index (κ1) is 10.1. The van der Waals surface area contributed by atoms with Gasteiger partial charge in [-0.3, -0.25) is 4.98 Å². The highest BCUT2D eigenvalue weighted by atomic mass is 35.5. The first-order chi connectivity index (χ1) is 7.62. The molecule has 1 aliphatic rings. The molecular formula is C12H14ClN3. The van der Waals surface area contributed by atoms with Gasteiger partial charge in [-0.1, -0.05) is 0 Å². The van der Waals surface area contributed by atoms with Crippen LogP contribution < -0.4 is 0 Å². The van der Waals surface area contributed by atoms with Crippen molar-refractivity contribution in [2.45, 2.75) is 37.6 Å². The Morgan fingerprint density at radius 1 is 1.50 bits per heavy atom. The predicted octanol–water partition coefficient (Wildman–Crippen LogP) is 3.24. The minimum Gasteiger partial charge on any atom is -0.321 e. The number of fused-ring (bicyclic) bond motifs is 1. The van der Waals surface area contributed by atoms with Crippen LogP contribution in [0.15, 0.2) is 18.5 Å². The summed E-state index contributed by atoms with van der Waals surface area (Å²) in [5.74, 6) is 0.963. The number of imidazole rings is 1. The van der Waals surface area contributed by atoms with Crippen molar-refractivity contribution in [1.82, 2.24) is 14.5 Å². The minimum absolute atomic E-state index is 0.0650. The zero-order valence-electron chi connectivity index (χ0n) is 9.44. The molecule has 16 heavy (non-hydrogen) atoms. The lowest BCUT2D eigenvalue weighted by atomic mass is 10.2. The fourth-order valence-electron chi connectivity index (χ4n) is 2.19. The van der Waals surface area contributed by atoms with E-state index >= 15 is 0 Å². The van der Waals surface area contributed by atoms with E-state index in [1.54, 1.807) is 6.20 Å². The summed E-state index contributed by atoms with van der Waals surface area (Å²) in [7, 11) is 0. The van der Waals surface area contributed by atoms with Gasteiger partial charge in [-0.2, -0.15) is 0 Å². The third-order valence-corrected chi connectivity index (χ3v) is 3.55. The van der Waals surface area contributed by atoms with E-state index in [0.717, 1.165) is 16.9 Å². The summed E-state index contributed by atoms with van der Waals surface area (Å²) >= 11 is 6.21. The average molecular weight is 236 g/mol. The first-order valence-electron chi connectivity index (χ1n) is 5.59. The van der Waals surface area contributed by atoms with Crippen molar-refractivity contribution in [2.24, 2.45) is 0 Å². The van der Waals surface area contributed by atoms with E-state index in [1.807, 2.05) is 19.2 Å². The zero-order chi connectivity index (χ0) is 11.3. The normalized spacial score (nSPS) is 19.9. The summed E-state index contributed by atoms with van der Waals surface area (Å²) < 4.78 is 2.29. The number of aromatic nitrogens is 3. The van der Waals surface area contributed by atoms with Crippen molar-refractivity contribution in [2.75, 3.05) is 0 Å². The van der Waals surface area contributed by atoms with Crippen LogP contribution in [-0.4, -0.2) is 14.5 Å². The fraction of sp³-hybridized carbons (Fsp3) is 0.500. The summed E-state index contributed by atoms with van der Waals surface area (Å²) in [6.07, 6.45) is 6.03. The van der Waals surface area contributed by atoms with E-state index in [-0.39, 0.29) is 10.9 Å². The third kappa shape index (κ3) is 1.34. The standard InChI is InChI=1S/C12H14ClN3/c1-8(13)11-15-9-7-14-6-3-10(9)16(11)12(2)4-5-12/h3,6-8H,4-5H2,1-2H3. The largest absolute Gasteiger partial charge is 0.321 e. The Kier molecular flexibility index (Phi) is 2.02.